The minimum absolute atomic E-state index is 0.222. The smallest absolute Gasteiger partial charge is 0.411 e. The van der Waals surface area contributed by atoms with Crippen molar-refractivity contribution in [1.82, 2.24) is 9.88 Å². The van der Waals surface area contributed by atoms with Crippen LogP contribution < -0.4 is 9.64 Å². The molecule has 6 rings (SSSR count). The monoisotopic (exact) mass is 601 g/mol. The van der Waals surface area contributed by atoms with Crippen LogP contribution in [-0.2, 0) is 16.1 Å². The minimum atomic E-state index is -0.711. The van der Waals surface area contributed by atoms with Crippen LogP contribution in [-0.4, -0.2) is 53.3 Å². The number of pyridine rings is 1. The van der Waals surface area contributed by atoms with E-state index in [1.165, 1.54) is 12.1 Å². The number of carboxylic acid groups (broad SMARTS) is 1. The number of carbonyl (C=O) groups is 2. The van der Waals surface area contributed by atoms with Crippen molar-refractivity contribution in [3.05, 3.63) is 76.2 Å². The normalized spacial score (nSPS) is 23.3. The van der Waals surface area contributed by atoms with Gasteiger partial charge in [-0.25, -0.2) is 14.2 Å². The molecule has 1 aliphatic carbocycles. The van der Waals surface area contributed by atoms with Gasteiger partial charge in [-0.2, -0.15) is 0 Å². The number of anilines is 1. The maximum absolute atomic E-state index is 14.3. The predicted molar refractivity (Wildman–Crippen MR) is 165 cm³/mol. The highest BCUT2D eigenvalue weighted by Crippen LogP contribution is 2.43. The first-order valence-electron chi connectivity index (χ1n) is 15.5. The summed E-state index contributed by atoms with van der Waals surface area (Å²) in [5, 5.41) is 9.48. The van der Waals surface area contributed by atoms with Crippen LogP contribution in [0.4, 0.5) is 15.0 Å². The van der Waals surface area contributed by atoms with Crippen molar-refractivity contribution in [1.29, 1.82) is 0 Å². The molecule has 9 heteroatoms. The third-order valence-electron chi connectivity index (χ3n) is 9.60. The van der Waals surface area contributed by atoms with Crippen molar-refractivity contribution in [2.45, 2.75) is 77.5 Å². The van der Waals surface area contributed by atoms with Gasteiger partial charge in [-0.15, -0.1) is 0 Å². The van der Waals surface area contributed by atoms with Gasteiger partial charge in [-0.3, -0.25) is 9.69 Å². The number of hydrogen-bond acceptors (Lipinski definition) is 6. The SMILES string of the molecule is COc1ccc([C@H]2CC[C@H](C(=O)O)CC2)cc1-c1c(C)cc(N2CCC2)nc1CN1C(=O)O[C@H](c2cc(C)cc(F)c2)[C@@H]1C. The molecule has 1 aromatic heterocycles. The average Bonchev–Trinajstić information content (AvgIpc) is 3.24. The molecular weight excluding hydrogens is 561 g/mol. The van der Waals surface area contributed by atoms with Gasteiger partial charge in [-0.05, 0) is 111 Å². The average molecular weight is 602 g/mol. The lowest BCUT2D eigenvalue weighted by molar-refractivity contribution is -0.142. The Hall–Kier alpha value is -4.14. The molecule has 0 radical (unpaired) electrons. The summed E-state index contributed by atoms with van der Waals surface area (Å²) < 4.78 is 26.0. The molecule has 2 saturated heterocycles. The number of ether oxygens (including phenoxy) is 2. The first kappa shape index (κ1) is 29.9. The van der Waals surface area contributed by atoms with E-state index in [0.29, 0.717) is 24.2 Å². The van der Waals surface area contributed by atoms with Crippen LogP contribution in [0.3, 0.4) is 0 Å². The van der Waals surface area contributed by atoms with E-state index >= 15 is 0 Å². The summed E-state index contributed by atoms with van der Waals surface area (Å²) in [6.07, 6.45) is 3.02. The first-order chi connectivity index (χ1) is 21.1. The maximum atomic E-state index is 14.3. The summed E-state index contributed by atoms with van der Waals surface area (Å²) in [6, 6.07) is 12.7. The van der Waals surface area contributed by atoms with Crippen molar-refractivity contribution < 1.29 is 28.6 Å². The van der Waals surface area contributed by atoms with Gasteiger partial charge in [0.25, 0.3) is 0 Å². The molecule has 232 valence electrons. The van der Waals surface area contributed by atoms with E-state index < -0.39 is 18.2 Å². The van der Waals surface area contributed by atoms with E-state index in [0.717, 1.165) is 71.7 Å². The van der Waals surface area contributed by atoms with Gasteiger partial charge in [0.15, 0.2) is 0 Å². The number of aryl methyl sites for hydroxylation is 2. The quantitative estimate of drug-likeness (QED) is 0.293. The number of nitrogens with zero attached hydrogens (tertiary/aromatic N) is 3. The fourth-order valence-corrected chi connectivity index (χ4v) is 7.01. The number of hydrogen-bond donors (Lipinski definition) is 1. The van der Waals surface area contributed by atoms with Crippen molar-refractivity contribution in [3.63, 3.8) is 0 Å². The molecule has 0 unspecified atom stereocenters. The number of aromatic nitrogens is 1. The number of carbonyl (C=O) groups excluding carboxylic acids is 1. The van der Waals surface area contributed by atoms with Crippen LogP contribution in [0.2, 0.25) is 0 Å². The summed E-state index contributed by atoms with van der Waals surface area (Å²) in [5.74, 6) is 0.506. The van der Waals surface area contributed by atoms with Crippen LogP contribution in [0.15, 0.2) is 42.5 Å². The summed E-state index contributed by atoms with van der Waals surface area (Å²) >= 11 is 0. The largest absolute Gasteiger partial charge is 0.496 e. The first-order valence-corrected chi connectivity index (χ1v) is 15.5. The third-order valence-corrected chi connectivity index (χ3v) is 9.60. The number of carboxylic acids is 1. The summed E-state index contributed by atoms with van der Waals surface area (Å²) in [5.41, 5.74) is 6.15. The Labute approximate surface area is 257 Å². The standard InChI is InChI=1S/C35H40FN3O5/c1-20-14-26(17-27(36)15-20)33-22(3)39(35(42)44-33)19-29-32(21(2)16-31(37-29)38-12-5-13-38)28-18-25(10-11-30(28)43-4)23-6-8-24(9-7-23)34(40)41/h10-11,14-18,22-24,33H,5-9,12-13,19H2,1-4H3,(H,40,41)/t22-,23-,24-,33-/m0/s1. The molecule has 1 saturated carbocycles. The van der Waals surface area contributed by atoms with Crippen LogP contribution in [0.1, 0.15) is 79.0 Å². The number of amides is 1. The molecule has 0 bridgehead atoms. The van der Waals surface area contributed by atoms with Crippen LogP contribution in [0.5, 0.6) is 5.75 Å². The Morgan fingerprint density at radius 1 is 1.07 bits per heavy atom. The summed E-state index contributed by atoms with van der Waals surface area (Å²) in [7, 11) is 1.65. The zero-order valence-corrected chi connectivity index (χ0v) is 25.8. The Morgan fingerprint density at radius 3 is 2.45 bits per heavy atom. The van der Waals surface area contributed by atoms with Crippen LogP contribution in [0, 0.1) is 25.6 Å². The highest BCUT2D eigenvalue weighted by molar-refractivity contribution is 5.78. The fourth-order valence-electron chi connectivity index (χ4n) is 7.01. The van der Waals surface area contributed by atoms with Crippen LogP contribution in [0.25, 0.3) is 11.1 Å². The third kappa shape index (κ3) is 5.72. The van der Waals surface area contributed by atoms with Crippen LogP contribution >= 0.6 is 0 Å². The number of cyclic esters (lactones) is 1. The lowest BCUT2D eigenvalue weighted by atomic mass is 9.78. The number of benzene rings is 2. The molecule has 8 nitrogen and oxygen atoms in total. The highest BCUT2D eigenvalue weighted by atomic mass is 19.1. The molecule has 3 aliphatic rings. The summed E-state index contributed by atoms with van der Waals surface area (Å²) in [6.45, 7) is 7.91. The second kappa shape index (κ2) is 12.1. The lowest BCUT2D eigenvalue weighted by Crippen LogP contribution is -2.38. The van der Waals surface area contributed by atoms with Gasteiger partial charge in [0.2, 0.25) is 0 Å². The predicted octanol–water partition coefficient (Wildman–Crippen LogP) is 7.16. The van der Waals surface area contributed by atoms with E-state index in [1.54, 1.807) is 12.0 Å². The molecule has 3 aromatic rings. The maximum Gasteiger partial charge on any atom is 0.411 e. The second-order valence-electron chi connectivity index (χ2n) is 12.5. The zero-order valence-electron chi connectivity index (χ0n) is 25.8. The van der Waals surface area contributed by atoms with E-state index in [-0.39, 0.29) is 30.2 Å². The second-order valence-corrected chi connectivity index (χ2v) is 12.5. The van der Waals surface area contributed by atoms with Gasteiger partial charge in [0.05, 0.1) is 31.3 Å². The molecule has 3 fully saturated rings. The van der Waals surface area contributed by atoms with Crippen molar-refractivity contribution in [2.24, 2.45) is 5.92 Å². The molecule has 3 heterocycles. The molecule has 2 aromatic carbocycles. The van der Waals surface area contributed by atoms with Gasteiger partial charge in [0, 0.05) is 24.2 Å². The minimum Gasteiger partial charge on any atom is -0.496 e. The number of methoxy groups -OCH3 is 1. The van der Waals surface area contributed by atoms with Gasteiger partial charge >= 0.3 is 12.1 Å². The number of aliphatic carboxylic acids is 1. The highest BCUT2D eigenvalue weighted by Gasteiger charge is 2.41. The Morgan fingerprint density at radius 2 is 1.82 bits per heavy atom. The molecular formula is C35H40FN3O5. The molecule has 44 heavy (non-hydrogen) atoms. The Kier molecular flexibility index (Phi) is 8.22. The molecule has 0 spiro atoms. The van der Waals surface area contributed by atoms with Crippen molar-refractivity contribution in [2.75, 3.05) is 25.1 Å². The van der Waals surface area contributed by atoms with Crippen molar-refractivity contribution in [3.8, 4) is 16.9 Å². The van der Waals surface area contributed by atoms with Gasteiger partial charge < -0.3 is 19.5 Å². The number of rotatable bonds is 8. The lowest BCUT2D eigenvalue weighted by Gasteiger charge is -2.33. The fraction of sp³-hybridized carbons (Fsp3) is 0.457. The molecule has 1 N–H and O–H groups in total. The van der Waals surface area contributed by atoms with E-state index in [1.807, 2.05) is 26.0 Å². The number of halogens is 1. The van der Waals surface area contributed by atoms with E-state index in [4.69, 9.17) is 14.5 Å². The Bertz CT molecular complexity index is 1560. The van der Waals surface area contributed by atoms with E-state index in [2.05, 4.69) is 30.0 Å². The summed E-state index contributed by atoms with van der Waals surface area (Å²) in [4.78, 5) is 33.9. The molecule has 2 atom stereocenters. The topological polar surface area (TPSA) is 92.2 Å². The van der Waals surface area contributed by atoms with Gasteiger partial charge in [0.1, 0.15) is 23.5 Å². The Balaban J connectivity index is 1.38. The molecule has 2 aliphatic heterocycles. The van der Waals surface area contributed by atoms with E-state index in [9.17, 15) is 19.1 Å². The van der Waals surface area contributed by atoms with Crippen molar-refractivity contribution >= 4 is 17.9 Å². The van der Waals surface area contributed by atoms with Gasteiger partial charge in [-0.1, -0.05) is 12.1 Å². The zero-order chi connectivity index (χ0) is 31.1. The molecule has 1 amide bonds.